The topological polar surface area (TPSA) is 29.5 Å². The van der Waals surface area contributed by atoms with Crippen LogP contribution in [-0.2, 0) is 9.53 Å². The van der Waals surface area contributed by atoms with E-state index in [1.807, 2.05) is 18.7 Å². The Morgan fingerprint density at radius 1 is 1.65 bits per heavy atom. The maximum absolute atomic E-state index is 12.1. The summed E-state index contributed by atoms with van der Waals surface area (Å²) in [6.45, 7) is 4.97. The van der Waals surface area contributed by atoms with E-state index in [1.54, 1.807) is 11.3 Å². The highest BCUT2D eigenvalue weighted by Gasteiger charge is 2.29. The molecule has 94 valence electrons. The quantitative estimate of drug-likeness (QED) is 0.825. The number of amides is 1. The summed E-state index contributed by atoms with van der Waals surface area (Å²) >= 11 is 1.69. The number of rotatable bonds is 4. The largest absolute Gasteiger partial charge is 0.369 e. The standard InChI is InChI=1S/C13H19NO2S/c1-10(2)16-8-13(15)14-6-3-4-12(14)11-5-7-17-9-11/h5,7,9-10,12H,3-4,6,8H2,1-2H3. The maximum atomic E-state index is 12.1. The van der Waals surface area contributed by atoms with Crippen molar-refractivity contribution in [2.45, 2.75) is 38.8 Å². The zero-order chi connectivity index (χ0) is 12.3. The minimum atomic E-state index is 0.112. The molecule has 1 aromatic heterocycles. The number of hydrogen-bond donors (Lipinski definition) is 0. The Balaban J connectivity index is 1.97. The first-order valence-corrected chi connectivity index (χ1v) is 7.06. The van der Waals surface area contributed by atoms with Crippen molar-refractivity contribution in [2.75, 3.05) is 13.2 Å². The van der Waals surface area contributed by atoms with Crippen LogP contribution in [0.25, 0.3) is 0 Å². The van der Waals surface area contributed by atoms with E-state index in [9.17, 15) is 4.79 Å². The van der Waals surface area contributed by atoms with Crippen LogP contribution in [0.4, 0.5) is 0 Å². The Labute approximate surface area is 106 Å². The summed E-state index contributed by atoms with van der Waals surface area (Å²) in [5.41, 5.74) is 1.27. The molecule has 1 aromatic rings. The van der Waals surface area contributed by atoms with E-state index < -0.39 is 0 Å². The van der Waals surface area contributed by atoms with E-state index in [-0.39, 0.29) is 24.7 Å². The van der Waals surface area contributed by atoms with Crippen LogP contribution < -0.4 is 0 Å². The van der Waals surface area contributed by atoms with Gasteiger partial charge in [-0.25, -0.2) is 0 Å². The first-order valence-electron chi connectivity index (χ1n) is 6.11. The van der Waals surface area contributed by atoms with Crippen LogP contribution in [0.15, 0.2) is 16.8 Å². The number of nitrogens with zero attached hydrogens (tertiary/aromatic N) is 1. The molecule has 0 aromatic carbocycles. The summed E-state index contributed by atoms with van der Waals surface area (Å²) in [4.78, 5) is 14.0. The molecule has 2 heterocycles. The second-order valence-electron chi connectivity index (χ2n) is 4.66. The Hall–Kier alpha value is -0.870. The molecule has 1 amide bonds. The first-order chi connectivity index (χ1) is 8.18. The molecule has 0 saturated carbocycles. The summed E-state index contributed by atoms with van der Waals surface area (Å²) in [5.74, 6) is 0.118. The van der Waals surface area contributed by atoms with E-state index in [4.69, 9.17) is 4.74 Å². The normalized spacial score (nSPS) is 20.2. The minimum absolute atomic E-state index is 0.112. The molecule has 0 aliphatic carbocycles. The molecule has 1 saturated heterocycles. The van der Waals surface area contributed by atoms with Crippen molar-refractivity contribution in [3.8, 4) is 0 Å². The van der Waals surface area contributed by atoms with Crippen molar-refractivity contribution >= 4 is 17.2 Å². The van der Waals surface area contributed by atoms with Crippen molar-refractivity contribution in [3.63, 3.8) is 0 Å². The maximum Gasteiger partial charge on any atom is 0.249 e. The lowest BCUT2D eigenvalue weighted by Crippen LogP contribution is -2.34. The second-order valence-corrected chi connectivity index (χ2v) is 5.44. The smallest absolute Gasteiger partial charge is 0.249 e. The average molecular weight is 253 g/mol. The molecular formula is C13H19NO2S. The molecule has 1 fully saturated rings. The summed E-state index contributed by atoms with van der Waals surface area (Å²) in [6.07, 6.45) is 2.28. The van der Waals surface area contributed by atoms with Gasteiger partial charge in [0.25, 0.3) is 0 Å². The van der Waals surface area contributed by atoms with E-state index in [1.165, 1.54) is 5.56 Å². The first kappa shape index (κ1) is 12.6. The number of likely N-dealkylation sites (tertiary alicyclic amines) is 1. The molecule has 1 unspecified atom stereocenters. The molecule has 1 aliphatic rings. The van der Waals surface area contributed by atoms with Gasteiger partial charge in [0.15, 0.2) is 0 Å². The lowest BCUT2D eigenvalue weighted by Gasteiger charge is -2.24. The highest BCUT2D eigenvalue weighted by Crippen LogP contribution is 2.32. The summed E-state index contributed by atoms with van der Waals surface area (Å²) in [6, 6.07) is 2.38. The van der Waals surface area contributed by atoms with E-state index in [0.29, 0.717) is 0 Å². The fraction of sp³-hybridized carbons (Fsp3) is 0.615. The predicted molar refractivity (Wildman–Crippen MR) is 69.1 cm³/mol. The van der Waals surface area contributed by atoms with Gasteiger partial charge in [-0.15, -0.1) is 0 Å². The lowest BCUT2D eigenvalue weighted by atomic mass is 10.1. The number of carbonyl (C=O) groups is 1. The number of ether oxygens (including phenoxy) is 1. The molecule has 4 heteroatoms. The number of hydrogen-bond acceptors (Lipinski definition) is 3. The van der Waals surface area contributed by atoms with Gasteiger partial charge in [0.1, 0.15) is 6.61 Å². The van der Waals surface area contributed by atoms with Crippen LogP contribution in [0.5, 0.6) is 0 Å². The number of carbonyl (C=O) groups excluding carboxylic acids is 1. The fourth-order valence-electron chi connectivity index (χ4n) is 2.20. The van der Waals surface area contributed by atoms with Gasteiger partial charge in [0, 0.05) is 6.54 Å². The van der Waals surface area contributed by atoms with Crippen LogP contribution in [0.2, 0.25) is 0 Å². The Kier molecular flexibility index (Phi) is 4.18. The van der Waals surface area contributed by atoms with Gasteiger partial charge in [-0.05, 0) is 49.1 Å². The van der Waals surface area contributed by atoms with Crippen LogP contribution in [0, 0.1) is 0 Å². The van der Waals surface area contributed by atoms with Gasteiger partial charge in [0.2, 0.25) is 5.91 Å². The zero-order valence-electron chi connectivity index (χ0n) is 10.4. The number of thiophene rings is 1. The third-order valence-corrected chi connectivity index (χ3v) is 3.74. The summed E-state index contributed by atoms with van der Waals surface area (Å²) in [5, 5.41) is 4.21. The molecule has 0 spiro atoms. The molecule has 0 bridgehead atoms. The highest BCUT2D eigenvalue weighted by molar-refractivity contribution is 7.07. The Morgan fingerprint density at radius 3 is 3.12 bits per heavy atom. The van der Waals surface area contributed by atoms with Gasteiger partial charge in [-0.2, -0.15) is 11.3 Å². The van der Waals surface area contributed by atoms with Crippen molar-refractivity contribution in [3.05, 3.63) is 22.4 Å². The molecule has 17 heavy (non-hydrogen) atoms. The van der Waals surface area contributed by atoms with Gasteiger partial charge in [-0.1, -0.05) is 0 Å². The van der Waals surface area contributed by atoms with Crippen molar-refractivity contribution < 1.29 is 9.53 Å². The van der Waals surface area contributed by atoms with E-state index >= 15 is 0 Å². The Bertz CT molecular complexity index is 362. The van der Waals surface area contributed by atoms with Gasteiger partial charge in [0.05, 0.1) is 12.1 Å². The average Bonchev–Trinajstić information content (AvgIpc) is 2.94. The van der Waals surface area contributed by atoms with Crippen LogP contribution >= 0.6 is 11.3 Å². The van der Waals surface area contributed by atoms with Crippen molar-refractivity contribution in [1.82, 2.24) is 4.90 Å². The third kappa shape index (κ3) is 3.07. The summed E-state index contributed by atoms with van der Waals surface area (Å²) < 4.78 is 5.39. The molecule has 0 radical (unpaired) electrons. The van der Waals surface area contributed by atoms with E-state index in [2.05, 4.69) is 16.8 Å². The van der Waals surface area contributed by atoms with Gasteiger partial charge >= 0.3 is 0 Å². The van der Waals surface area contributed by atoms with Gasteiger partial charge in [-0.3, -0.25) is 4.79 Å². The monoisotopic (exact) mass is 253 g/mol. The predicted octanol–water partition coefficient (Wildman–Crippen LogP) is 2.84. The van der Waals surface area contributed by atoms with Gasteiger partial charge < -0.3 is 9.64 Å². The lowest BCUT2D eigenvalue weighted by molar-refractivity contribution is -0.138. The fourth-order valence-corrected chi connectivity index (χ4v) is 2.90. The van der Waals surface area contributed by atoms with Crippen molar-refractivity contribution in [2.24, 2.45) is 0 Å². The van der Waals surface area contributed by atoms with Crippen molar-refractivity contribution in [1.29, 1.82) is 0 Å². The molecule has 2 rings (SSSR count). The summed E-state index contributed by atoms with van der Waals surface area (Å²) in [7, 11) is 0. The zero-order valence-corrected chi connectivity index (χ0v) is 11.2. The second kappa shape index (κ2) is 5.65. The molecule has 1 aliphatic heterocycles. The van der Waals surface area contributed by atoms with Crippen LogP contribution in [0.3, 0.4) is 0 Å². The molecule has 3 nitrogen and oxygen atoms in total. The molecule has 0 N–H and O–H groups in total. The van der Waals surface area contributed by atoms with E-state index in [0.717, 1.165) is 19.4 Å². The highest BCUT2D eigenvalue weighted by atomic mass is 32.1. The van der Waals surface area contributed by atoms with Crippen LogP contribution in [0.1, 0.15) is 38.3 Å². The molecular weight excluding hydrogens is 234 g/mol. The molecule has 1 atom stereocenters. The van der Waals surface area contributed by atoms with Crippen LogP contribution in [-0.4, -0.2) is 30.1 Å². The SMILES string of the molecule is CC(C)OCC(=O)N1CCCC1c1ccsc1. The Morgan fingerprint density at radius 2 is 2.47 bits per heavy atom. The third-order valence-electron chi connectivity index (χ3n) is 3.04. The minimum Gasteiger partial charge on any atom is -0.369 e.